The lowest BCUT2D eigenvalue weighted by Crippen LogP contribution is -3.00. The third-order valence-corrected chi connectivity index (χ3v) is 6.08. The van der Waals surface area contributed by atoms with E-state index in [9.17, 15) is 0 Å². The highest BCUT2D eigenvalue weighted by molar-refractivity contribution is 9.10. The zero-order valence-corrected chi connectivity index (χ0v) is 21.1. The molecule has 156 valence electrons. The molecular formula is C29H21BrIN. The van der Waals surface area contributed by atoms with Crippen molar-refractivity contribution in [2.75, 3.05) is 0 Å². The van der Waals surface area contributed by atoms with Gasteiger partial charge in [-0.25, -0.2) is 0 Å². The summed E-state index contributed by atoms with van der Waals surface area (Å²) in [5.41, 5.74) is 8.15. The van der Waals surface area contributed by atoms with E-state index in [2.05, 4.69) is 148 Å². The van der Waals surface area contributed by atoms with E-state index >= 15 is 0 Å². The van der Waals surface area contributed by atoms with Gasteiger partial charge in [0.15, 0.2) is 0 Å². The van der Waals surface area contributed by atoms with E-state index in [1.165, 1.54) is 22.3 Å². The molecule has 0 N–H and O–H groups in total. The highest BCUT2D eigenvalue weighted by atomic mass is 127. The van der Waals surface area contributed by atoms with Gasteiger partial charge in [0, 0.05) is 29.3 Å². The standard InChI is InChI=1S/C29H21BrN.HI/c30-26-18-10-11-19-27(26)31-28(23-14-6-2-7-15-23)20-25(22-12-4-1-5-13-22)21-29(31)24-16-8-3-9-17-24;/h1-21H;1H/q+1;/p-1. The molecule has 1 nitrogen and oxygen atoms in total. The lowest BCUT2D eigenvalue weighted by molar-refractivity contribution is -0.572. The summed E-state index contributed by atoms with van der Waals surface area (Å²) in [6, 6.07) is 44.7. The smallest absolute Gasteiger partial charge is 0.225 e. The van der Waals surface area contributed by atoms with E-state index in [1.54, 1.807) is 0 Å². The van der Waals surface area contributed by atoms with Crippen molar-refractivity contribution in [3.8, 4) is 39.3 Å². The first-order chi connectivity index (χ1) is 15.3. The Morgan fingerprint density at radius 1 is 0.438 bits per heavy atom. The van der Waals surface area contributed by atoms with Crippen molar-refractivity contribution in [3.63, 3.8) is 0 Å². The molecule has 0 radical (unpaired) electrons. The van der Waals surface area contributed by atoms with Crippen molar-refractivity contribution >= 4 is 15.9 Å². The molecule has 0 atom stereocenters. The van der Waals surface area contributed by atoms with Gasteiger partial charge in [-0.3, -0.25) is 0 Å². The molecule has 4 aromatic carbocycles. The Balaban J connectivity index is 0.00000245. The zero-order valence-electron chi connectivity index (χ0n) is 17.3. The Labute approximate surface area is 214 Å². The highest BCUT2D eigenvalue weighted by Crippen LogP contribution is 2.31. The number of rotatable bonds is 4. The third-order valence-electron chi connectivity index (χ3n) is 5.41. The number of benzene rings is 4. The van der Waals surface area contributed by atoms with Crippen LogP contribution < -0.4 is 28.5 Å². The molecule has 0 aliphatic rings. The molecule has 0 saturated heterocycles. The molecule has 5 rings (SSSR count). The predicted molar refractivity (Wildman–Crippen MR) is 132 cm³/mol. The minimum Gasteiger partial charge on any atom is -1.00 e. The Morgan fingerprint density at radius 3 is 1.31 bits per heavy atom. The first kappa shape index (κ1) is 22.4. The maximum atomic E-state index is 3.79. The van der Waals surface area contributed by atoms with Crippen LogP contribution in [0.2, 0.25) is 0 Å². The first-order valence-corrected chi connectivity index (χ1v) is 11.1. The second kappa shape index (κ2) is 10.2. The number of nitrogens with zero attached hydrogens (tertiary/aromatic N) is 1. The molecule has 0 amide bonds. The number of pyridine rings is 1. The van der Waals surface area contributed by atoms with Crippen LogP contribution in [0.3, 0.4) is 0 Å². The van der Waals surface area contributed by atoms with Crippen LogP contribution in [0.4, 0.5) is 0 Å². The molecular weight excluding hydrogens is 569 g/mol. The van der Waals surface area contributed by atoms with Gasteiger partial charge in [-0.1, -0.05) is 78.9 Å². The van der Waals surface area contributed by atoms with Gasteiger partial charge in [0.05, 0.1) is 4.47 Å². The number of halogens is 2. The van der Waals surface area contributed by atoms with Crippen molar-refractivity contribution in [1.29, 1.82) is 0 Å². The van der Waals surface area contributed by atoms with Crippen LogP contribution in [0.5, 0.6) is 0 Å². The fourth-order valence-electron chi connectivity index (χ4n) is 3.93. The summed E-state index contributed by atoms with van der Waals surface area (Å²) in [6.45, 7) is 0. The molecule has 5 aromatic rings. The van der Waals surface area contributed by atoms with Gasteiger partial charge in [0.1, 0.15) is 0 Å². The van der Waals surface area contributed by atoms with E-state index in [1.807, 2.05) is 0 Å². The highest BCUT2D eigenvalue weighted by Gasteiger charge is 2.26. The molecule has 3 heteroatoms. The summed E-state index contributed by atoms with van der Waals surface area (Å²) < 4.78 is 3.41. The molecule has 1 aromatic heterocycles. The fraction of sp³-hybridized carbons (Fsp3) is 0. The average molecular weight is 590 g/mol. The molecule has 0 spiro atoms. The van der Waals surface area contributed by atoms with Crippen molar-refractivity contribution in [1.82, 2.24) is 0 Å². The van der Waals surface area contributed by atoms with E-state index in [0.717, 1.165) is 21.5 Å². The maximum absolute atomic E-state index is 3.79. The maximum Gasteiger partial charge on any atom is 0.225 e. The Kier molecular flexibility index (Phi) is 7.18. The Bertz CT molecular complexity index is 1260. The SMILES string of the molecule is Brc1ccccc1-[n+]1c(-c2ccccc2)cc(-c2ccccc2)cc1-c1ccccc1.[I-]. The summed E-state index contributed by atoms with van der Waals surface area (Å²) in [5, 5.41) is 0. The van der Waals surface area contributed by atoms with Gasteiger partial charge in [-0.15, -0.1) is 0 Å². The second-order valence-electron chi connectivity index (χ2n) is 7.40. The largest absolute Gasteiger partial charge is 1.00 e. The topological polar surface area (TPSA) is 3.88 Å². The van der Waals surface area contributed by atoms with Crippen LogP contribution in [0.15, 0.2) is 132 Å². The summed E-state index contributed by atoms with van der Waals surface area (Å²) in [7, 11) is 0. The Morgan fingerprint density at radius 2 is 0.844 bits per heavy atom. The van der Waals surface area contributed by atoms with Gasteiger partial charge >= 0.3 is 0 Å². The predicted octanol–water partition coefficient (Wildman–Crippen LogP) is 4.73. The monoisotopic (exact) mass is 589 g/mol. The van der Waals surface area contributed by atoms with E-state index in [4.69, 9.17) is 0 Å². The second-order valence-corrected chi connectivity index (χ2v) is 8.25. The molecule has 32 heavy (non-hydrogen) atoms. The summed E-state index contributed by atoms with van der Waals surface area (Å²) in [4.78, 5) is 0. The van der Waals surface area contributed by atoms with Crippen molar-refractivity contribution in [3.05, 3.63) is 132 Å². The van der Waals surface area contributed by atoms with E-state index in [0.29, 0.717) is 0 Å². The van der Waals surface area contributed by atoms with Crippen molar-refractivity contribution in [2.45, 2.75) is 0 Å². The molecule has 0 saturated carbocycles. The van der Waals surface area contributed by atoms with E-state index in [-0.39, 0.29) is 24.0 Å². The molecule has 0 fully saturated rings. The van der Waals surface area contributed by atoms with Gasteiger partial charge in [0.25, 0.3) is 0 Å². The fourth-order valence-corrected chi connectivity index (χ4v) is 4.39. The Hall–Kier alpha value is -2.76. The van der Waals surface area contributed by atoms with Crippen molar-refractivity contribution < 1.29 is 28.5 Å². The summed E-state index contributed by atoms with van der Waals surface area (Å²) in [5.74, 6) is 0. The molecule has 0 aliphatic carbocycles. The van der Waals surface area contributed by atoms with Gasteiger partial charge < -0.3 is 24.0 Å². The zero-order chi connectivity index (χ0) is 21.0. The van der Waals surface area contributed by atoms with Gasteiger partial charge in [-0.05, 0) is 57.4 Å². The number of aromatic nitrogens is 1. The number of para-hydroxylation sites is 1. The van der Waals surface area contributed by atoms with Crippen LogP contribution in [0.25, 0.3) is 39.3 Å². The minimum atomic E-state index is 0. The summed E-state index contributed by atoms with van der Waals surface area (Å²) in [6.07, 6.45) is 0. The van der Waals surface area contributed by atoms with Crippen LogP contribution >= 0.6 is 15.9 Å². The van der Waals surface area contributed by atoms with E-state index < -0.39 is 0 Å². The number of hydrogen-bond acceptors (Lipinski definition) is 0. The third kappa shape index (κ3) is 4.54. The minimum absolute atomic E-state index is 0. The quantitative estimate of drug-likeness (QED) is 0.211. The summed E-state index contributed by atoms with van der Waals surface area (Å²) >= 11 is 3.79. The first-order valence-electron chi connectivity index (χ1n) is 10.3. The molecule has 0 unspecified atom stereocenters. The average Bonchev–Trinajstić information content (AvgIpc) is 2.85. The number of hydrogen-bond donors (Lipinski definition) is 0. The van der Waals surface area contributed by atoms with Gasteiger partial charge in [-0.2, -0.15) is 4.57 Å². The normalized spacial score (nSPS) is 10.4. The lowest BCUT2D eigenvalue weighted by atomic mass is 9.98. The molecule has 0 bridgehead atoms. The van der Waals surface area contributed by atoms with Crippen LogP contribution in [0.1, 0.15) is 0 Å². The van der Waals surface area contributed by atoms with Crippen LogP contribution in [0, 0.1) is 0 Å². The van der Waals surface area contributed by atoms with Crippen molar-refractivity contribution in [2.24, 2.45) is 0 Å². The molecule has 1 heterocycles. The lowest BCUT2D eigenvalue weighted by Gasteiger charge is -2.13. The van der Waals surface area contributed by atoms with Gasteiger partial charge in [0.2, 0.25) is 17.1 Å². The molecule has 0 aliphatic heterocycles. The van der Waals surface area contributed by atoms with Crippen LogP contribution in [-0.4, -0.2) is 0 Å². The van der Waals surface area contributed by atoms with Crippen LogP contribution in [-0.2, 0) is 0 Å².